The molecule has 1 N–H and O–H groups in total. The lowest BCUT2D eigenvalue weighted by molar-refractivity contribution is -0.254. The molecule has 0 saturated carbocycles. The van der Waals surface area contributed by atoms with Gasteiger partial charge in [0.1, 0.15) is 13.2 Å². The van der Waals surface area contributed by atoms with E-state index in [1.54, 1.807) is 38.5 Å². The van der Waals surface area contributed by atoms with E-state index in [1.165, 1.54) is 38.1 Å². The third-order valence-electron chi connectivity index (χ3n) is 11.5. The molecule has 12 nitrogen and oxygen atoms in total. The number of carbonyl (C=O) groups is 3. The third kappa shape index (κ3) is 15.2. The second-order valence-corrected chi connectivity index (χ2v) is 19.3. The molecule has 0 fully saturated rings. The fraction of sp³-hybridized carbons (Fsp3) is 0.519. The number of halogens is 6. The zero-order chi connectivity index (χ0) is 52.3. The van der Waals surface area contributed by atoms with E-state index in [4.69, 9.17) is 37.9 Å². The van der Waals surface area contributed by atoms with Gasteiger partial charge < -0.3 is 43.2 Å². The SMILES string of the molecule is CCCCCCCCC(=O)Nc1ccc(-c2cc(C3=C(c4cc(-c5cc(C(=O)OCCOCCOCCOC)cc(C(=O)OCCOCCOCCOC)c5)sc4C)C(F)(F)C(F)(F)C3(F)F)c(C)s2)cc1. The van der Waals surface area contributed by atoms with Crippen LogP contribution in [-0.2, 0) is 42.7 Å². The molecule has 4 aromatic rings. The van der Waals surface area contributed by atoms with E-state index in [0.717, 1.165) is 67.3 Å². The van der Waals surface area contributed by atoms with Crippen molar-refractivity contribution >= 4 is 57.4 Å². The van der Waals surface area contributed by atoms with Gasteiger partial charge >= 0.3 is 29.7 Å². The van der Waals surface area contributed by atoms with Gasteiger partial charge in [-0.15, -0.1) is 22.7 Å². The Balaban J connectivity index is 1.43. The summed E-state index contributed by atoms with van der Waals surface area (Å²) in [4.78, 5) is 39.9. The highest BCUT2D eigenvalue weighted by Gasteiger charge is 2.80. The highest BCUT2D eigenvalue weighted by Crippen LogP contribution is 2.66. The van der Waals surface area contributed by atoms with Crippen molar-refractivity contribution in [3.8, 4) is 20.9 Å². The second-order valence-electron chi connectivity index (χ2n) is 16.8. The predicted octanol–water partition coefficient (Wildman–Crippen LogP) is 12.0. The minimum Gasteiger partial charge on any atom is -0.460 e. The normalized spacial score (nSPS) is 14.8. The number of nitrogens with one attached hydrogen (secondary N) is 1. The quantitative estimate of drug-likeness (QED) is 0.0284. The molecule has 0 unspecified atom stereocenters. The van der Waals surface area contributed by atoms with Crippen LogP contribution >= 0.6 is 22.7 Å². The summed E-state index contributed by atoms with van der Waals surface area (Å²) >= 11 is 1.78. The van der Waals surface area contributed by atoms with Gasteiger partial charge in [0.25, 0.3) is 0 Å². The number of alkyl halides is 6. The van der Waals surface area contributed by atoms with Gasteiger partial charge in [-0.3, -0.25) is 4.79 Å². The van der Waals surface area contributed by atoms with Gasteiger partial charge in [0, 0.05) is 57.0 Å². The molecule has 1 aliphatic carbocycles. The zero-order valence-corrected chi connectivity index (χ0v) is 42.8. The number of rotatable bonds is 32. The molecule has 0 aliphatic heterocycles. The molecular weight excluding hydrogens is 993 g/mol. The van der Waals surface area contributed by atoms with Crippen LogP contribution < -0.4 is 5.32 Å². The first-order valence-electron chi connectivity index (χ1n) is 23.8. The lowest BCUT2D eigenvalue weighted by Crippen LogP contribution is -2.48. The fourth-order valence-corrected chi connectivity index (χ4v) is 9.72. The summed E-state index contributed by atoms with van der Waals surface area (Å²) in [6.45, 7) is 6.94. The Morgan fingerprint density at radius 2 is 0.944 bits per heavy atom. The number of anilines is 1. The Kier molecular flexibility index (Phi) is 22.7. The number of thiophene rings is 2. The summed E-state index contributed by atoms with van der Waals surface area (Å²) in [7, 11) is 3.08. The lowest BCUT2D eigenvalue weighted by atomic mass is 9.94. The molecule has 2 aromatic carbocycles. The van der Waals surface area contributed by atoms with E-state index in [9.17, 15) is 14.4 Å². The molecule has 0 spiro atoms. The number of esters is 2. The number of hydrogen-bond donors (Lipinski definition) is 1. The van der Waals surface area contributed by atoms with Crippen molar-refractivity contribution < 1.29 is 78.6 Å². The second kappa shape index (κ2) is 28.1. The minimum absolute atomic E-state index is 0.00376. The molecular formula is C52H63F6NO11S2. The van der Waals surface area contributed by atoms with Crippen molar-refractivity contribution in [3.05, 3.63) is 86.6 Å². The Labute approximate surface area is 424 Å². The third-order valence-corrected chi connectivity index (χ3v) is 13.7. The van der Waals surface area contributed by atoms with Gasteiger partial charge in [0.05, 0.1) is 77.2 Å². The fourth-order valence-electron chi connectivity index (χ4n) is 7.67. The van der Waals surface area contributed by atoms with E-state index in [2.05, 4.69) is 12.2 Å². The number of ether oxygens (including phenoxy) is 8. The highest BCUT2D eigenvalue weighted by molar-refractivity contribution is 7.16. The Bertz CT molecular complexity index is 2370. The van der Waals surface area contributed by atoms with E-state index in [-0.39, 0.29) is 90.1 Å². The maximum absolute atomic E-state index is 16.2. The van der Waals surface area contributed by atoms with Crippen LogP contribution in [0.1, 0.15) is 93.5 Å². The number of allylic oxidation sites excluding steroid dienone is 2. The minimum atomic E-state index is -5.83. The van der Waals surface area contributed by atoms with Crippen molar-refractivity contribution in [1.82, 2.24) is 0 Å². The molecule has 20 heteroatoms. The van der Waals surface area contributed by atoms with Gasteiger partial charge in [0.2, 0.25) is 5.91 Å². The molecule has 0 radical (unpaired) electrons. The van der Waals surface area contributed by atoms with E-state index in [0.29, 0.717) is 49.0 Å². The molecule has 1 amide bonds. The maximum atomic E-state index is 16.2. The Morgan fingerprint density at radius 3 is 1.40 bits per heavy atom. The number of aryl methyl sites for hydroxylation is 2. The van der Waals surface area contributed by atoms with Crippen molar-refractivity contribution in [2.24, 2.45) is 0 Å². The van der Waals surface area contributed by atoms with Crippen LogP contribution in [0.25, 0.3) is 32.0 Å². The largest absolute Gasteiger partial charge is 0.460 e. The van der Waals surface area contributed by atoms with Crippen LogP contribution in [0.15, 0.2) is 54.6 Å². The Hall–Kier alpha value is -4.67. The molecule has 5 rings (SSSR count). The molecule has 0 atom stereocenters. The van der Waals surface area contributed by atoms with Crippen molar-refractivity contribution in [1.29, 1.82) is 0 Å². The maximum Gasteiger partial charge on any atom is 0.380 e. The summed E-state index contributed by atoms with van der Waals surface area (Å²) in [5.41, 5.74) is -3.36. The first-order valence-corrected chi connectivity index (χ1v) is 25.4. The molecule has 72 heavy (non-hydrogen) atoms. The van der Waals surface area contributed by atoms with Crippen LogP contribution in [0.4, 0.5) is 32.0 Å². The molecule has 0 saturated heterocycles. The first kappa shape index (κ1) is 58.2. The molecule has 1 aliphatic rings. The Morgan fingerprint density at radius 1 is 0.528 bits per heavy atom. The van der Waals surface area contributed by atoms with Crippen LogP contribution in [0.3, 0.4) is 0 Å². The van der Waals surface area contributed by atoms with E-state index < -0.39 is 52.0 Å². The van der Waals surface area contributed by atoms with E-state index in [1.807, 2.05) is 0 Å². The summed E-state index contributed by atoms with van der Waals surface area (Å²) in [5, 5.41) is 2.84. The number of benzene rings is 2. The summed E-state index contributed by atoms with van der Waals surface area (Å²) in [5.74, 6) is -18.5. The van der Waals surface area contributed by atoms with Crippen LogP contribution in [0.5, 0.6) is 0 Å². The van der Waals surface area contributed by atoms with Gasteiger partial charge in [-0.05, 0) is 85.0 Å². The average Bonchev–Trinajstić information content (AvgIpc) is 3.96. The number of carbonyl (C=O) groups excluding carboxylic acids is 3. The summed E-state index contributed by atoms with van der Waals surface area (Å²) < 4.78 is 138. The standard InChI is InChI=1S/C52H63F6NO11S2/c1-6-7-8-9-10-11-12-45(60)59-40-15-13-36(14-16-40)43-32-41(34(2)71-43)46-47(51(55,56)52(57,58)50(46,53)54)42-33-44(72-35(42)3)37-29-38(48(61)69-27-25-67-23-21-65-19-17-63-4)31-39(30-37)49(62)70-28-26-68-24-22-66-20-18-64-5/h13-16,29-33H,6-12,17-28H2,1-5H3,(H,59,60). The van der Waals surface area contributed by atoms with Crippen molar-refractivity contribution in [2.75, 3.05) is 98.8 Å². The smallest absolute Gasteiger partial charge is 0.380 e. The summed E-state index contributed by atoms with van der Waals surface area (Å²) in [6, 6.07) is 12.6. The predicted molar refractivity (Wildman–Crippen MR) is 265 cm³/mol. The monoisotopic (exact) mass is 1060 g/mol. The zero-order valence-electron chi connectivity index (χ0n) is 41.2. The van der Waals surface area contributed by atoms with Crippen LogP contribution in [0, 0.1) is 13.8 Å². The number of methoxy groups -OCH3 is 2. The van der Waals surface area contributed by atoms with Gasteiger partial charge in [-0.1, -0.05) is 51.2 Å². The highest BCUT2D eigenvalue weighted by atomic mass is 32.1. The van der Waals surface area contributed by atoms with Gasteiger partial charge in [0.15, 0.2) is 0 Å². The van der Waals surface area contributed by atoms with E-state index >= 15 is 26.3 Å². The molecule has 2 heterocycles. The first-order chi connectivity index (χ1) is 34.5. The molecule has 0 bridgehead atoms. The number of amides is 1. The summed E-state index contributed by atoms with van der Waals surface area (Å²) in [6.07, 6.45) is 6.48. The topological polar surface area (TPSA) is 137 Å². The van der Waals surface area contributed by atoms with Crippen LogP contribution in [-0.4, -0.2) is 129 Å². The van der Waals surface area contributed by atoms with Crippen LogP contribution in [0.2, 0.25) is 0 Å². The molecule has 2 aromatic heterocycles. The van der Waals surface area contributed by atoms with Crippen molar-refractivity contribution in [2.45, 2.75) is 83.5 Å². The number of unbranched alkanes of at least 4 members (excludes halogenated alkanes) is 5. The van der Waals surface area contributed by atoms with Gasteiger partial charge in [-0.25, -0.2) is 9.59 Å². The number of hydrogen-bond acceptors (Lipinski definition) is 13. The average molecular weight is 1060 g/mol. The van der Waals surface area contributed by atoms with Gasteiger partial charge in [-0.2, -0.15) is 26.3 Å². The molecule has 396 valence electrons. The van der Waals surface area contributed by atoms with Crippen molar-refractivity contribution in [3.63, 3.8) is 0 Å². The lowest BCUT2D eigenvalue weighted by Gasteiger charge is -2.25.